The smallest absolute Gasteiger partial charge is 0.286 e. The summed E-state index contributed by atoms with van der Waals surface area (Å²) in [7, 11) is 1.49. The summed E-state index contributed by atoms with van der Waals surface area (Å²) in [5.74, 6) is 0. The van der Waals surface area contributed by atoms with Gasteiger partial charge in [-0.2, -0.15) is 4.99 Å². The second-order valence-corrected chi connectivity index (χ2v) is 4.08. The van der Waals surface area contributed by atoms with E-state index in [1.54, 1.807) is 0 Å². The molecule has 0 aliphatic carbocycles. The number of hydrogen-bond acceptors (Lipinski definition) is 2. The molecule has 2 N–H and O–H groups in total. The van der Waals surface area contributed by atoms with Gasteiger partial charge in [-0.05, 0) is 23.3 Å². The van der Waals surface area contributed by atoms with Gasteiger partial charge in [-0.25, -0.2) is 0 Å². The summed E-state index contributed by atoms with van der Waals surface area (Å²) in [5, 5.41) is 2.28. The summed E-state index contributed by atoms with van der Waals surface area (Å²) < 4.78 is 4.86. The van der Waals surface area contributed by atoms with E-state index in [4.69, 9.17) is 10.5 Å². The third-order valence-electron chi connectivity index (χ3n) is 2.88. The lowest BCUT2D eigenvalue weighted by atomic mass is 9.98. The van der Waals surface area contributed by atoms with Crippen molar-refractivity contribution in [1.82, 2.24) is 0 Å². The average Bonchev–Trinajstić information content (AvgIpc) is 2.38. The summed E-state index contributed by atoms with van der Waals surface area (Å²) in [6, 6.07) is 12.4. The molecule has 92 valence electrons. The summed E-state index contributed by atoms with van der Waals surface area (Å²) in [4.78, 5) is 4.15. The summed E-state index contributed by atoms with van der Waals surface area (Å²) >= 11 is 0. The predicted molar refractivity (Wildman–Crippen MR) is 76.4 cm³/mol. The Morgan fingerprint density at radius 1 is 1.22 bits per heavy atom. The summed E-state index contributed by atoms with van der Waals surface area (Å²) in [5.41, 5.74) is 8.31. The third-order valence-corrected chi connectivity index (χ3v) is 2.88. The van der Waals surface area contributed by atoms with Gasteiger partial charge < -0.3 is 10.5 Å². The van der Waals surface area contributed by atoms with Crippen molar-refractivity contribution in [2.24, 2.45) is 10.7 Å². The number of benzene rings is 2. The maximum Gasteiger partial charge on any atom is 0.286 e. The number of hydrogen-bond donors (Lipinski definition) is 1. The highest BCUT2D eigenvalue weighted by atomic mass is 16.5. The molecule has 0 bridgehead atoms. The number of aryl methyl sites for hydroxylation is 1. The number of nitrogens with two attached hydrogens (primary N) is 1. The summed E-state index contributed by atoms with van der Waals surface area (Å²) in [6.07, 6.45) is 0. The van der Waals surface area contributed by atoms with E-state index < -0.39 is 0 Å². The van der Waals surface area contributed by atoms with Gasteiger partial charge in [0.1, 0.15) is 0 Å². The van der Waals surface area contributed by atoms with Crippen LogP contribution >= 0.6 is 0 Å². The van der Waals surface area contributed by atoms with Crippen LogP contribution in [0, 0.1) is 6.92 Å². The number of ether oxygens (including phenoxy) is 1. The number of nitrogens with zero attached hydrogens (tertiary/aromatic N) is 1. The van der Waals surface area contributed by atoms with Gasteiger partial charge in [0.2, 0.25) is 0 Å². The molecule has 0 heterocycles. The Hall–Kier alpha value is -2.29. The molecule has 2 rings (SSSR count). The Bertz CT molecular complexity index is 629. The first kappa shape index (κ1) is 12.2. The van der Waals surface area contributed by atoms with Crippen LogP contribution in [-0.2, 0) is 4.74 Å². The molecule has 2 aromatic carbocycles. The van der Waals surface area contributed by atoms with Gasteiger partial charge in [-0.15, -0.1) is 0 Å². The molecule has 0 aliphatic rings. The van der Waals surface area contributed by atoms with Crippen molar-refractivity contribution < 1.29 is 4.74 Å². The second-order valence-electron chi connectivity index (χ2n) is 4.08. The van der Waals surface area contributed by atoms with E-state index in [1.807, 2.05) is 19.1 Å². The van der Waals surface area contributed by atoms with Crippen molar-refractivity contribution in [3.63, 3.8) is 0 Å². The molecule has 0 saturated carbocycles. The van der Waals surface area contributed by atoms with E-state index >= 15 is 0 Å². The lowest BCUT2D eigenvalue weighted by molar-refractivity contribution is 0.397. The lowest BCUT2D eigenvalue weighted by Gasteiger charge is -2.10. The minimum Gasteiger partial charge on any atom is -0.469 e. The van der Waals surface area contributed by atoms with Crippen molar-refractivity contribution in [2.75, 3.05) is 7.11 Å². The van der Waals surface area contributed by atoms with Crippen LogP contribution in [-0.4, -0.2) is 13.1 Å². The van der Waals surface area contributed by atoms with E-state index in [0.717, 1.165) is 21.9 Å². The van der Waals surface area contributed by atoms with Crippen LogP contribution in [0.1, 0.15) is 11.1 Å². The standard InChI is InChI=1S/C15H16N2O/c1-10-8-9-12-6-4-5-7-13(12)14(10)11(2)17-15(16)18-3/h4-9H,2H2,1,3H3,(H2,16,17). The van der Waals surface area contributed by atoms with Crippen molar-refractivity contribution in [1.29, 1.82) is 0 Å². The number of methoxy groups -OCH3 is 1. The van der Waals surface area contributed by atoms with E-state index in [1.165, 1.54) is 7.11 Å². The fourth-order valence-electron chi connectivity index (χ4n) is 2.00. The van der Waals surface area contributed by atoms with Crippen molar-refractivity contribution >= 4 is 22.5 Å². The van der Waals surface area contributed by atoms with E-state index in [2.05, 4.69) is 35.8 Å². The molecule has 0 amide bonds. The van der Waals surface area contributed by atoms with Gasteiger partial charge in [0.15, 0.2) is 0 Å². The highest BCUT2D eigenvalue weighted by molar-refractivity contribution is 5.96. The van der Waals surface area contributed by atoms with E-state index in [9.17, 15) is 0 Å². The molecular weight excluding hydrogens is 224 g/mol. The van der Waals surface area contributed by atoms with Crippen molar-refractivity contribution in [2.45, 2.75) is 6.92 Å². The third kappa shape index (κ3) is 2.20. The van der Waals surface area contributed by atoms with Crippen LogP contribution in [0.25, 0.3) is 16.5 Å². The Morgan fingerprint density at radius 3 is 2.67 bits per heavy atom. The van der Waals surface area contributed by atoms with Crippen LogP contribution in [0.2, 0.25) is 0 Å². The highest BCUT2D eigenvalue weighted by Gasteiger charge is 2.08. The van der Waals surface area contributed by atoms with Crippen molar-refractivity contribution in [3.8, 4) is 0 Å². The van der Waals surface area contributed by atoms with Crippen LogP contribution in [0.15, 0.2) is 48.0 Å². The number of aliphatic imine (C=N–C) groups is 1. The van der Waals surface area contributed by atoms with Crippen LogP contribution in [0.3, 0.4) is 0 Å². The first-order valence-electron chi connectivity index (χ1n) is 5.69. The largest absolute Gasteiger partial charge is 0.469 e. The topological polar surface area (TPSA) is 47.6 Å². The quantitative estimate of drug-likeness (QED) is 0.647. The van der Waals surface area contributed by atoms with Gasteiger partial charge in [0.05, 0.1) is 12.8 Å². The molecule has 0 unspecified atom stereocenters. The fourth-order valence-corrected chi connectivity index (χ4v) is 2.00. The SMILES string of the molecule is C=C(N=C(N)OC)c1c(C)ccc2ccccc12. The zero-order chi connectivity index (χ0) is 13.1. The molecule has 2 aromatic rings. The van der Waals surface area contributed by atoms with Gasteiger partial charge >= 0.3 is 0 Å². The Morgan fingerprint density at radius 2 is 1.94 bits per heavy atom. The van der Waals surface area contributed by atoms with Crippen LogP contribution in [0.4, 0.5) is 0 Å². The van der Waals surface area contributed by atoms with Gasteiger partial charge in [0.25, 0.3) is 6.02 Å². The predicted octanol–water partition coefficient (Wildman–Crippen LogP) is 3.08. The summed E-state index contributed by atoms with van der Waals surface area (Å²) in [6.45, 7) is 6.01. The van der Waals surface area contributed by atoms with Gasteiger partial charge in [0, 0.05) is 5.56 Å². The lowest BCUT2D eigenvalue weighted by Crippen LogP contribution is -2.13. The van der Waals surface area contributed by atoms with Crippen LogP contribution < -0.4 is 5.73 Å². The van der Waals surface area contributed by atoms with Gasteiger partial charge in [-0.1, -0.05) is 43.0 Å². The average molecular weight is 240 g/mol. The minimum atomic E-state index is 0.118. The molecule has 0 saturated heterocycles. The fraction of sp³-hybridized carbons (Fsp3) is 0.133. The molecule has 0 radical (unpaired) electrons. The normalized spacial score (nSPS) is 11.6. The molecule has 0 aliphatic heterocycles. The molecule has 0 spiro atoms. The second kappa shape index (κ2) is 4.92. The molecule has 0 fully saturated rings. The Balaban J connectivity index is 2.63. The highest BCUT2D eigenvalue weighted by Crippen LogP contribution is 2.28. The number of rotatable bonds is 2. The van der Waals surface area contributed by atoms with Crippen LogP contribution in [0.5, 0.6) is 0 Å². The number of amidine groups is 1. The molecule has 0 aromatic heterocycles. The Kier molecular flexibility index (Phi) is 3.33. The molecule has 3 heteroatoms. The molecule has 3 nitrogen and oxygen atoms in total. The first-order valence-corrected chi connectivity index (χ1v) is 5.69. The van der Waals surface area contributed by atoms with Gasteiger partial charge in [-0.3, -0.25) is 0 Å². The monoisotopic (exact) mass is 240 g/mol. The van der Waals surface area contributed by atoms with Crippen molar-refractivity contribution in [3.05, 3.63) is 54.1 Å². The zero-order valence-corrected chi connectivity index (χ0v) is 10.6. The maximum atomic E-state index is 5.57. The number of fused-ring (bicyclic) bond motifs is 1. The Labute approximate surface area is 107 Å². The molecular formula is C15H16N2O. The van der Waals surface area contributed by atoms with E-state index in [0.29, 0.717) is 5.70 Å². The maximum absolute atomic E-state index is 5.57. The zero-order valence-electron chi connectivity index (χ0n) is 10.6. The molecule has 18 heavy (non-hydrogen) atoms. The van der Waals surface area contributed by atoms with E-state index in [-0.39, 0.29) is 6.02 Å². The first-order chi connectivity index (χ1) is 8.63. The minimum absolute atomic E-state index is 0.118. The molecule has 0 atom stereocenters.